The van der Waals surface area contributed by atoms with E-state index in [9.17, 15) is 28.8 Å². The molecule has 16 heteroatoms. The summed E-state index contributed by atoms with van der Waals surface area (Å²) in [4.78, 5) is 87.0. The third-order valence-electron chi connectivity index (χ3n) is 23.4. The molecule has 660 valence electrons. The zero-order valence-corrected chi connectivity index (χ0v) is 75.5. The lowest BCUT2D eigenvalue weighted by Crippen LogP contribution is -2.24. The molecular formula is C107H136BrNO14. The van der Waals surface area contributed by atoms with Crippen molar-refractivity contribution >= 4 is 91.4 Å². The molecule has 0 radical (unpaired) electrons. The van der Waals surface area contributed by atoms with Crippen molar-refractivity contribution < 1.29 is 67.9 Å². The van der Waals surface area contributed by atoms with Gasteiger partial charge in [-0.05, 0) is 372 Å². The molecule has 1 amide bonds. The normalized spacial score (nSPS) is 14.8. The van der Waals surface area contributed by atoms with Gasteiger partial charge in [0.05, 0.1) is 42.0 Å². The van der Waals surface area contributed by atoms with Crippen molar-refractivity contribution in [3.8, 4) is 11.5 Å². The third-order valence-corrected chi connectivity index (χ3v) is 23.9. The second kappa shape index (κ2) is 45.4. The quantitative estimate of drug-likeness (QED) is 0.0818. The summed E-state index contributed by atoms with van der Waals surface area (Å²) >= 11 is 3.58. The van der Waals surface area contributed by atoms with E-state index in [1.165, 1.54) is 132 Å². The van der Waals surface area contributed by atoms with Crippen LogP contribution in [0, 0.1) is 6.92 Å². The molecule has 8 aromatic carbocycles. The van der Waals surface area contributed by atoms with Gasteiger partial charge in [-0.1, -0.05) is 191 Å². The van der Waals surface area contributed by atoms with Crippen molar-refractivity contribution in [1.29, 1.82) is 0 Å². The fourth-order valence-electron chi connectivity index (χ4n) is 16.1. The Kier molecular flexibility index (Phi) is 39.1. The number of amides is 1. The van der Waals surface area contributed by atoms with Gasteiger partial charge < -0.3 is 34.8 Å². The van der Waals surface area contributed by atoms with Gasteiger partial charge in [-0.3, -0.25) is 4.79 Å². The Hall–Kier alpha value is -11.1. The third kappa shape index (κ3) is 27.2. The number of phenolic OH excluding ortho intramolecular Hbond substituents is 1. The lowest BCUT2D eigenvalue weighted by molar-refractivity contribution is -0.191. The topological polar surface area (TPSA) is 237 Å². The van der Waals surface area contributed by atoms with Crippen LogP contribution in [-0.2, 0) is 46.1 Å². The highest BCUT2D eigenvalue weighted by Crippen LogP contribution is 2.49. The average Bonchev–Trinajstić information content (AvgIpc) is 0.780. The molecule has 15 nitrogen and oxygen atoms in total. The van der Waals surface area contributed by atoms with Gasteiger partial charge in [0.2, 0.25) is 0 Å². The number of esters is 3. The van der Waals surface area contributed by atoms with Crippen LogP contribution in [0.1, 0.15) is 356 Å². The standard InChI is InChI=1S/C24H27NO3.C24H26O4.2C16H20O2.C15H19Br.C7H8O.CO2.4CH4/c1-15(2)19-12-13-24(3,4)21-11-8-17(14-20(19)21)22(26)25-18-9-6-16(7-10-18)23(27)28-5;1-15(2)19-12-13-24(3,4)21-11-8-17(14-20(19)21)23(26)28-18-9-6-16(7-10-18)22(25)27-5;2*1-10(2)12-7-8-16(3,4)14-6-5-11(15(17)18)9-13(12)14;1-10(2)12-7-8-15(3,4)14-6-5-11(16)9-13(12)14;1-6-2-4-7(8)5-3-6;2-1-3;;;;/h6-11,14H,12-13H2,1-5H3,(H,25,26);6-11,14H,12-13H2,1-5H3;2*5-6,9H,7-8H2,1-4H3,(H,17,18);5-6,9H,7-8H2,1-4H3;2-5,8H,1H3;;4*1H4. The number of aryl methyl sites for hydroxylation is 1. The van der Waals surface area contributed by atoms with Crippen molar-refractivity contribution in [3.63, 3.8) is 0 Å². The summed E-state index contributed by atoms with van der Waals surface area (Å²) in [5, 5.41) is 29.9. The van der Waals surface area contributed by atoms with Crippen molar-refractivity contribution in [2.24, 2.45) is 0 Å². The molecule has 0 fully saturated rings. The second-order valence-corrected chi connectivity index (χ2v) is 36.4. The van der Waals surface area contributed by atoms with Gasteiger partial charge in [-0.25, -0.2) is 24.0 Å². The number of carbonyl (C=O) groups excluding carboxylic acids is 6. The fourth-order valence-corrected chi connectivity index (χ4v) is 16.4. The Morgan fingerprint density at radius 1 is 0.358 bits per heavy atom. The molecule has 0 atom stereocenters. The van der Waals surface area contributed by atoms with Gasteiger partial charge in [-0.15, -0.1) is 0 Å². The molecule has 0 aliphatic heterocycles. The Bertz CT molecular complexity index is 5020. The van der Waals surface area contributed by atoms with Gasteiger partial charge in [0, 0.05) is 15.7 Å². The first-order chi connectivity index (χ1) is 55.7. The first-order valence-corrected chi connectivity index (χ1v) is 41.4. The predicted octanol–water partition coefficient (Wildman–Crippen LogP) is 28.6. The predicted molar refractivity (Wildman–Crippen MR) is 510 cm³/mol. The number of rotatable bonds is 8. The molecule has 0 saturated heterocycles. The van der Waals surface area contributed by atoms with E-state index in [0.29, 0.717) is 56.0 Å². The number of carboxylic acids is 2. The van der Waals surface area contributed by atoms with Crippen molar-refractivity contribution in [2.75, 3.05) is 19.5 Å². The SMILES string of the molecule is C.C.C.C.CC(C)=C1CCC(C)(C)c2ccc(Br)cc21.CC(C)=C1CCC(C)(C)c2ccc(C(=O)O)cc21.CC(C)=C1CCC(C)(C)c2ccc(C(=O)O)cc21.COC(=O)c1ccc(NC(=O)c2ccc3c(c2)C(=C(C)C)CCC3(C)C)cc1.COC(=O)c1ccc(OC(=O)c2ccc3c(c2)C(=C(C)C)CCC3(C)C)cc1.Cc1ccc(O)cc1.O=C=O. The first kappa shape index (κ1) is 106. The van der Waals surface area contributed by atoms with Crippen LogP contribution in [0.3, 0.4) is 0 Å². The molecule has 8 aromatic rings. The van der Waals surface area contributed by atoms with E-state index in [1.54, 1.807) is 72.8 Å². The average molecular weight is 1740 g/mol. The number of hydrogen-bond donors (Lipinski definition) is 4. The number of allylic oxidation sites excluding steroid dienone is 10. The maximum Gasteiger partial charge on any atom is 0.373 e. The zero-order valence-electron chi connectivity index (χ0n) is 73.9. The van der Waals surface area contributed by atoms with Crippen LogP contribution in [0.5, 0.6) is 11.5 Å². The highest BCUT2D eigenvalue weighted by molar-refractivity contribution is 9.10. The number of methoxy groups -OCH3 is 2. The molecule has 0 heterocycles. The zero-order chi connectivity index (χ0) is 88.6. The maximum absolute atomic E-state index is 12.8. The molecule has 123 heavy (non-hydrogen) atoms. The summed E-state index contributed by atoms with van der Waals surface area (Å²) in [6.07, 6.45) is 11.3. The Morgan fingerprint density at radius 2 is 0.618 bits per heavy atom. The minimum Gasteiger partial charge on any atom is -0.508 e. The van der Waals surface area contributed by atoms with Gasteiger partial charge in [0.25, 0.3) is 5.91 Å². The van der Waals surface area contributed by atoms with Crippen molar-refractivity contribution in [2.45, 2.75) is 266 Å². The van der Waals surface area contributed by atoms with Crippen LogP contribution in [0.2, 0.25) is 0 Å². The molecule has 0 saturated carbocycles. The van der Waals surface area contributed by atoms with Gasteiger partial charge in [0.1, 0.15) is 11.5 Å². The summed E-state index contributed by atoms with van der Waals surface area (Å²) in [6, 6.07) is 49.7. The smallest absolute Gasteiger partial charge is 0.373 e. The summed E-state index contributed by atoms with van der Waals surface area (Å²) in [6.45, 7) is 46.0. The largest absolute Gasteiger partial charge is 0.508 e. The van der Waals surface area contributed by atoms with Gasteiger partial charge in [0.15, 0.2) is 0 Å². The highest BCUT2D eigenvalue weighted by atomic mass is 79.9. The van der Waals surface area contributed by atoms with Crippen molar-refractivity contribution in [1.82, 2.24) is 0 Å². The minimum atomic E-state index is -0.853. The maximum atomic E-state index is 12.8. The van der Waals surface area contributed by atoms with Crippen LogP contribution in [0.4, 0.5) is 5.69 Å². The first-order valence-electron chi connectivity index (χ1n) is 40.6. The lowest BCUT2D eigenvalue weighted by atomic mass is 9.70. The number of ether oxygens (including phenoxy) is 3. The van der Waals surface area contributed by atoms with Crippen LogP contribution in [0.15, 0.2) is 196 Å². The lowest BCUT2D eigenvalue weighted by Gasteiger charge is -2.35. The van der Waals surface area contributed by atoms with E-state index >= 15 is 0 Å². The molecule has 0 spiro atoms. The number of phenols is 1. The van der Waals surface area contributed by atoms with E-state index in [4.69, 9.17) is 34.4 Å². The monoisotopic (exact) mass is 1740 g/mol. The summed E-state index contributed by atoms with van der Waals surface area (Å²) in [5.41, 5.74) is 31.4. The number of nitrogens with one attached hydrogen (secondary N) is 1. The fraction of sp³-hybridized carbons (Fsp3) is 0.393. The highest BCUT2D eigenvalue weighted by Gasteiger charge is 2.36. The Morgan fingerprint density at radius 3 is 0.911 bits per heavy atom. The number of carboxylic acid groups (broad SMARTS) is 2. The number of fused-ring (bicyclic) bond motifs is 5. The second-order valence-electron chi connectivity index (χ2n) is 35.5. The molecule has 0 bridgehead atoms. The van der Waals surface area contributed by atoms with Crippen LogP contribution < -0.4 is 10.1 Å². The van der Waals surface area contributed by atoms with Gasteiger partial charge in [-0.2, -0.15) is 9.59 Å². The molecule has 0 aromatic heterocycles. The summed E-state index contributed by atoms with van der Waals surface area (Å²) < 4.78 is 16.1. The number of hydrogen-bond acceptors (Lipinski definition) is 12. The number of aromatic carboxylic acids is 2. The molecule has 0 unspecified atom stereocenters. The minimum absolute atomic E-state index is 0. The van der Waals surface area contributed by atoms with E-state index in [2.05, 4.69) is 189 Å². The molecule has 5 aliphatic rings. The van der Waals surface area contributed by atoms with E-state index < -0.39 is 29.8 Å². The van der Waals surface area contributed by atoms with E-state index in [0.717, 1.165) is 68.1 Å². The number of anilines is 1. The molecule has 4 N–H and O–H groups in total. The van der Waals surface area contributed by atoms with Crippen LogP contribution >= 0.6 is 15.9 Å². The van der Waals surface area contributed by atoms with Crippen LogP contribution in [0.25, 0.3) is 27.9 Å². The number of carbonyl (C=O) groups is 6. The Balaban J connectivity index is 0.000000387. The van der Waals surface area contributed by atoms with E-state index in [1.807, 2.05) is 73.7 Å². The van der Waals surface area contributed by atoms with Gasteiger partial charge >= 0.3 is 36.0 Å². The molecule has 5 aliphatic carbocycles. The number of benzene rings is 8. The summed E-state index contributed by atoms with van der Waals surface area (Å²) in [7, 11) is 2.67. The summed E-state index contributed by atoms with van der Waals surface area (Å²) in [5.74, 6) is -2.39. The number of halogens is 1. The Labute approximate surface area is 742 Å². The van der Waals surface area contributed by atoms with Crippen molar-refractivity contribution in [3.05, 3.63) is 291 Å². The van der Waals surface area contributed by atoms with Crippen LogP contribution in [-0.4, -0.2) is 71.4 Å². The number of aromatic hydroxyl groups is 1. The molecular weight excluding hydrogens is 1600 g/mol. The van der Waals surface area contributed by atoms with E-state index in [-0.39, 0.29) is 63.4 Å². The molecule has 13 rings (SSSR count).